The molecule has 0 aliphatic rings. The Labute approximate surface area is 126 Å². The van der Waals surface area contributed by atoms with Crippen LogP contribution in [0.5, 0.6) is 0 Å². The fraction of sp³-hybridized carbons (Fsp3) is 0.0833. The van der Waals surface area contributed by atoms with Crippen LogP contribution in [-0.2, 0) is 9.59 Å². The summed E-state index contributed by atoms with van der Waals surface area (Å²) in [5.41, 5.74) is 0.898. The molecule has 0 aliphatic heterocycles. The van der Waals surface area contributed by atoms with Crippen LogP contribution in [0.1, 0.15) is 17.3 Å². The number of rotatable bonds is 4. The molecule has 5 nitrogen and oxygen atoms in total. The van der Waals surface area contributed by atoms with E-state index in [0.717, 1.165) is 6.08 Å². The molecule has 0 spiro atoms. The summed E-state index contributed by atoms with van der Waals surface area (Å²) in [6.45, 7) is 1.38. The van der Waals surface area contributed by atoms with Crippen molar-refractivity contribution in [2.45, 2.75) is 6.92 Å². The van der Waals surface area contributed by atoms with E-state index in [1.807, 2.05) is 0 Å². The summed E-state index contributed by atoms with van der Waals surface area (Å²) in [7, 11) is 0. The molecule has 1 N–H and O–H groups in total. The maximum Gasteiger partial charge on any atom is 1.00 e. The van der Waals surface area contributed by atoms with E-state index in [1.54, 1.807) is 12.1 Å². The fourth-order valence-corrected chi connectivity index (χ4v) is 1.16. The number of carbonyl (C=O) groups is 3. The van der Waals surface area contributed by atoms with Crippen LogP contribution in [0.25, 0.3) is 0 Å². The maximum absolute atomic E-state index is 11.4. The van der Waals surface area contributed by atoms with Crippen molar-refractivity contribution in [1.82, 2.24) is 0 Å². The van der Waals surface area contributed by atoms with Gasteiger partial charge in [0.2, 0.25) is 5.91 Å². The molecule has 6 heteroatoms. The average Bonchev–Trinajstić information content (AvgIpc) is 2.26. The third-order valence-corrected chi connectivity index (χ3v) is 1.86. The van der Waals surface area contributed by atoms with Crippen molar-refractivity contribution in [3.63, 3.8) is 0 Å². The first-order valence-corrected chi connectivity index (χ1v) is 4.80. The second-order valence-electron chi connectivity index (χ2n) is 3.28. The molecule has 0 unspecified atom stereocenters. The Kier molecular flexibility index (Phi) is 7.19. The molecule has 0 saturated heterocycles. The fourth-order valence-electron chi connectivity index (χ4n) is 1.16. The topological polar surface area (TPSA) is 86.3 Å². The number of hydrogen-bond acceptors (Lipinski definition) is 4. The van der Waals surface area contributed by atoms with Crippen molar-refractivity contribution >= 4 is 23.3 Å². The Bertz CT molecular complexity index is 479. The Morgan fingerprint density at radius 1 is 1.11 bits per heavy atom. The van der Waals surface area contributed by atoms with Gasteiger partial charge in [-0.1, -0.05) is 0 Å². The van der Waals surface area contributed by atoms with Gasteiger partial charge in [0.25, 0.3) is 0 Å². The third kappa shape index (κ3) is 5.77. The Hall–Kier alpha value is -1.43. The van der Waals surface area contributed by atoms with Crippen molar-refractivity contribution < 1.29 is 49.0 Å². The molecule has 1 aromatic rings. The van der Waals surface area contributed by atoms with E-state index < -0.39 is 11.8 Å². The zero-order valence-corrected chi connectivity index (χ0v) is 12.1. The molecule has 1 amide bonds. The summed E-state index contributed by atoms with van der Waals surface area (Å²) in [5.74, 6) is -2.07. The number of allylic oxidation sites excluding steroid dienone is 1. The number of nitrogens with one attached hydrogen (secondary N) is 1. The number of hydrogen-bond donors (Lipinski definition) is 1. The number of carboxylic acids is 1. The first-order valence-electron chi connectivity index (χ1n) is 4.80. The van der Waals surface area contributed by atoms with E-state index in [9.17, 15) is 19.5 Å². The molecule has 1 rings (SSSR count). The minimum Gasteiger partial charge on any atom is -0.545 e. The summed E-state index contributed by atoms with van der Waals surface area (Å²) >= 11 is 0. The Balaban J connectivity index is 0.00000289. The normalized spacial score (nSPS) is 9.61. The van der Waals surface area contributed by atoms with Crippen molar-refractivity contribution in [2.75, 3.05) is 5.32 Å². The van der Waals surface area contributed by atoms with Crippen LogP contribution in [-0.4, -0.2) is 17.7 Å². The molecule has 0 radical (unpaired) electrons. The maximum atomic E-state index is 11.4. The first kappa shape index (κ1) is 16.6. The van der Waals surface area contributed by atoms with E-state index in [4.69, 9.17) is 0 Å². The standard InChI is InChI=1S/C12H11NO4.Na/c1-8(14)13-10-4-2-9(3-5-10)11(15)6-7-12(16)17;/h2-7H,1H3,(H,13,14)(H,16,17);/q;+1/p-1/b7-6+;. The molecule has 0 fully saturated rings. The number of ketones is 1. The van der Waals surface area contributed by atoms with E-state index in [0.29, 0.717) is 17.3 Å². The number of carbonyl (C=O) groups excluding carboxylic acids is 3. The third-order valence-electron chi connectivity index (χ3n) is 1.86. The SMILES string of the molecule is CC(=O)Nc1ccc(C(=O)/C=C/C(=O)[O-])cc1.[Na+]. The van der Waals surface area contributed by atoms with Gasteiger partial charge in [0.1, 0.15) is 0 Å². The van der Waals surface area contributed by atoms with Crippen LogP contribution in [0.15, 0.2) is 36.4 Å². The number of benzene rings is 1. The summed E-state index contributed by atoms with van der Waals surface area (Å²) < 4.78 is 0. The predicted molar refractivity (Wildman–Crippen MR) is 59.2 cm³/mol. The average molecular weight is 255 g/mol. The van der Waals surface area contributed by atoms with Gasteiger partial charge in [0, 0.05) is 18.2 Å². The van der Waals surface area contributed by atoms with Gasteiger partial charge >= 0.3 is 29.6 Å². The van der Waals surface area contributed by atoms with Crippen LogP contribution in [0.3, 0.4) is 0 Å². The van der Waals surface area contributed by atoms with E-state index in [1.165, 1.54) is 19.1 Å². The van der Waals surface area contributed by atoms with Crippen LogP contribution in [0.2, 0.25) is 0 Å². The molecule has 0 bridgehead atoms. The number of anilines is 1. The van der Waals surface area contributed by atoms with Crippen molar-refractivity contribution in [3.8, 4) is 0 Å². The predicted octanol–water partition coefficient (Wildman–Crippen LogP) is -2.86. The zero-order valence-electron chi connectivity index (χ0n) is 10.1. The molecule has 0 saturated carbocycles. The van der Waals surface area contributed by atoms with Gasteiger partial charge in [-0.15, -0.1) is 0 Å². The second kappa shape index (κ2) is 7.81. The first-order chi connectivity index (χ1) is 7.99. The Morgan fingerprint density at radius 2 is 1.67 bits per heavy atom. The molecule has 0 atom stereocenters. The van der Waals surface area contributed by atoms with Crippen LogP contribution >= 0.6 is 0 Å². The molecule has 88 valence electrons. The molecule has 1 aromatic carbocycles. The van der Waals surface area contributed by atoms with Gasteiger partial charge < -0.3 is 15.2 Å². The zero-order chi connectivity index (χ0) is 12.8. The molecule has 0 aromatic heterocycles. The van der Waals surface area contributed by atoms with Gasteiger partial charge in [-0.2, -0.15) is 0 Å². The number of carboxylic acid groups (broad SMARTS) is 1. The molecule has 0 aliphatic carbocycles. The summed E-state index contributed by atoms with van der Waals surface area (Å²) in [6.07, 6.45) is 1.59. The van der Waals surface area contributed by atoms with Crippen LogP contribution in [0, 0.1) is 0 Å². The van der Waals surface area contributed by atoms with E-state index in [2.05, 4.69) is 5.32 Å². The van der Waals surface area contributed by atoms with Crippen molar-refractivity contribution in [3.05, 3.63) is 42.0 Å². The van der Waals surface area contributed by atoms with Crippen LogP contribution < -0.4 is 40.0 Å². The van der Waals surface area contributed by atoms with Gasteiger partial charge in [-0.05, 0) is 36.4 Å². The van der Waals surface area contributed by atoms with Gasteiger partial charge in [-0.25, -0.2) is 0 Å². The summed E-state index contributed by atoms with van der Waals surface area (Å²) in [5, 5.41) is 12.7. The van der Waals surface area contributed by atoms with Gasteiger partial charge in [0.05, 0.1) is 5.97 Å². The largest absolute Gasteiger partial charge is 1.00 e. The smallest absolute Gasteiger partial charge is 0.545 e. The Morgan fingerprint density at radius 3 is 2.11 bits per heavy atom. The summed E-state index contributed by atoms with van der Waals surface area (Å²) in [6, 6.07) is 6.10. The number of amides is 1. The van der Waals surface area contributed by atoms with Crippen molar-refractivity contribution in [2.24, 2.45) is 0 Å². The van der Waals surface area contributed by atoms with E-state index in [-0.39, 0.29) is 35.5 Å². The molecule has 0 heterocycles. The molecular formula is C12H10NNaO4. The monoisotopic (exact) mass is 255 g/mol. The van der Waals surface area contributed by atoms with E-state index >= 15 is 0 Å². The minimum absolute atomic E-state index is 0. The number of aliphatic carboxylic acids is 1. The minimum atomic E-state index is -1.42. The van der Waals surface area contributed by atoms with Crippen LogP contribution in [0.4, 0.5) is 5.69 Å². The quantitative estimate of drug-likeness (QED) is 0.356. The molecule has 18 heavy (non-hydrogen) atoms. The van der Waals surface area contributed by atoms with Gasteiger partial charge in [0.15, 0.2) is 5.78 Å². The molecular weight excluding hydrogens is 245 g/mol. The van der Waals surface area contributed by atoms with Gasteiger partial charge in [-0.3, -0.25) is 9.59 Å². The van der Waals surface area contributed by atoms with Crippen molar-refractivity contribution in [1.29, 1.82) is 0 Å². The summed E-state index contributed by atoms with van der Waals surface area (Å²) in [4.78, 5) is 32.3. The second-order valence-corrected chi connectivity index (χ2v) is 3.28.